The number of benzene rings is 2. The van der Waals surface area contributed by atoms with E-state index < -0.39 is 43.0 Å². The van der Waals surface area contributed by atoms with Gasteiger partial charge in [-0.3, -0.25) is 4.57 Å². The summed E-state index contributed by atoms with van der Waals surface area (Å²) >= 11 is 12.0. The van der Waals surface area contributed by atoms with Crippen molar-refractivity contribution in [1.82, 2.24) is 29.1 Å². The predicted octanol–water partition coefficient (Wildman–Crippen LogP) is 4.74. The first-order valence-electron chi connectivity index (χ1n) is 10.6. The lowest BCUT2D eigenvalue weighted by Gasteiger charge is -2.15. The highest BCUT2D eigenvalue weighted by Gasteiger charge is 2.39. The minimum atomic E-state index is -5.00. The van der Waals surface area contributed by atoms with Crippen molar-refractivity contribution in [2.75, 3.05) is 0 Å². The van der Waals surface area contributed by atoms with E-state index in [-0.39, 0.29) is 33.7 Å². The van der Waals surface area contributed by atoms with Gasteiger partial charge in [0.05, 0.1) is 11.6 Å². The van der Waals surface area contributed by atoms with Crippen LogP contribution in [0.4, 0.5) is 22.0 Å². The van der Waals surface area contributed by atoms with Crippen molar-refractivity contribution in [2.45, 2.75) is 38.5 Å². The molecule has 2 heterocycles. The number of halogens is 7. The van der Waals surface area contributed by atoms with E-state index in [1.807, 2.05) is 0 Å². The van der Waals surface area contributed by atoms with Crippen LogP contribution in [0.3, 0.4) is 0 Å². The van der Waals surface area contributed by atoms with E-state index in [1.54, 1.807) is 0 Å². The molecule has 0 saturated carbocycles. The van der Waals surface area contributed by atoms with Crippen LogP contribution in [0.15, 0.2) is 47.3 Å². The number of hydrogen-bond acceptors (Lipinski definition) is 5. The Morgan fingerprint density at radius 2 is 1.76 bits per heavy atom. The summed E-state index contributed by atoms with van der Waals surface area (Å²) in [6.45, 7) is -0.510. The van der Waals surface area contributed by atoms with Gasteiger partial charge in [0.25, 0.3) is 0 Å². The zero-order valence-corrected chi connectivity index (χ0v) is 20.3. The number of rotatable bonds is 7. The minimum Gasteiger partial charge on any atom is -0.382 e. The molecule has 4 rings (SSSR count). The Balaban J connectivity index is 1.79. The van der Waals surface area contributed by atoms with E-state index >= 15 is 0 Å². The second-order valence-corrected chi connectivity index (χ2v) is 8.77. The molecule has 2 unspecified atom stereocenters. The highest BCUT2D eigenvalue weighted by atomic mass is 35.5. The van der Waals surface area contributed by atoms with Gasteiger partial charge in [-0.15, -0.1) is 10.2 Å². The molecule has 0 amide bonds. The monoisotopic (exact) mass is 562 g/mol. The SMILES string of the molecule is CC(F)c1nc(Cn2nc(-c3ccc(Cl)cc3)n(CC(O)C(F)(F)F)c2=O)nn1-c1c(F)cccc1Cl. The molecule has 0 aliphatic heterocycles. The Kier molecular flexibility index (Phi) is 7.40. The van der Waals surface area contributed by atoms with Gasteiger partial charge in [-0.05, 0) is 43.3 Å². The summed E-state index contributed by atoms with van der Waals surface area (Å²) in [5.74, 6) is -1.51. The van der Waals surface area contributed by atoms with E-state index in [0.29, 0.717) is 9.59 Å². The molecular weight excluding hydrogens is 546 g/mol. The van der Waals surface area contributed by atoms with Gasteiger partial charge in [0.1, 0.15) is 18.0 Å². The van der Waals surface area contributed by atoms with Gasteiger partial charge >= 0.3 is 11.9 Å². The van der Waals surface area contributed by atoms with Crippen molar-refractivity contribution < 1.29 is 27.1 Å². The maximum Gasteiger partial charge on any atom is 0.416 e. The van der Waals surface area contributed by atoms with Gasteiger partial charge < -0.3 is 5.11 Å². The second-order valence-electron chi connectivity index (χ2n) is 7.92. The van der Waals surface area contributed by atoms with Crippen LogP contribution >= 0.6 is 23.2 Å². The van der Waals surface area contributed by atoms with Gasteiger partial charge in [-0.25, -0.2) is 27.9 Å². The third kappa shape index (κ3) is 5.53. The summed E-state index contributed by atoms with van der Waals surface area (Å²) in [7, 11) is 0. The standard InChI is InChI=1S/C22H17Cl2F5N6O2/c1-11(25)19-30-17(31-35(19)18-14(24)3-2-4-15(18)26)10-34-21(37)33(9-16(36)22(27,28)29)20(32-34)12-5-7-13(23)8-6-12/h2-8,11,16,36H,9-10H2,1H3. The zero-order chi connectivity index (χ0) is 27.1. The molecule has 0 saturated heterocycles. The van der Waals surface area contributed by atoms with Crippen LogP contribution in [-0.2, 0) is 13.1 Å². The van der Waals surface area contributed by atoms with E-state index in [1.165, 1.54) is 36.4 Å². The summed E-state index contributed by atoms with van der Waals surface area (Å²) in [5.41, 5.74) is -1.05. The van der Waals surface area contributed by atoms with E-state index in [4.69, 9.17) is 23.2 Å². The van der Waals surface area contributed by atoms with Gasteiger partial charge in [0.2, 0.25) is 0 Å². The lowest BCUT2D eigenvalue weighted by atomic mass is 10.2. The maximum absolute atomic E-state index is 14.5. The van der Waals surface area contributed by atoms with Crippen molar-refractivity contribution >= 4 is 23.2 Å². The molecule has 2 aromatic carbocycles. The Morgan fingerprint density at radius 3 is 2.35 bits per heavy atom. The molecule has 0 aliphatic rings. The number of nitrogens with zero attached hydrogens (tertiary/aromatic N) is 6. The number of alkyl halides is 4. The van der Waals surface area contributed by atoms with Crippen LogP contribution < -0.4 is 5.69 Å². The van der Waals surface area contributed by atoms with Gasteiger partial charge in [-0.1, -0.05) is 29.3 Å². The lowest BCUT2D eigenvalue weighted by Crippen LogP contribution is -2.37. The molecule has 0 spiro atoms. The first kappa shape index (κ1) is 26.8. The number of aliphatic hydroxyl groups is 1. The largest absolute Gasteiger partial charge is 0.416 e. The molecule has 0 radical (unpaired) electrons. The maximum atomic E-state index is 14.5. The van der Waals surface area contributed by atoms with Gasteiger partial charge in [0.15, 0.2) is 29.7 Å². The topological polar surface area (TPSA) is 90.8 Å². The lowest BCUT2D eigenvalue weighted by molar-refractivity contribution is -0.207. The van der Waals surface area contributed by atoms with Crippen molar-refractivity contribution in [3.63, 3.8) is 0 Å². The number of aromatic nitrogens is 6. The fraction of sp³-hybridized carbons (Fsp3) is 0.273. The van der Waals surface area contributed by atoms with Crippen LogP contribution in [0, 0.1) is 5.82 Å². The Bertz CT molecular complexity index is 1460. The summed E-state index contributed by atoms with van der Waals surface area (Å²) in [5, 5.41) is 18.0. The first-order chi connectivity index (χ1) is 17.4. The molecule has 196 valence electrons. The fourth-order valence-corrected chi connectivity index (χ4v) is 3.85. The van der Waals surface area contributed by atoms with E-state index in [9.17, 15) is 31.9 Å². The molecule has 0 bridgehead atoms. The Morgan fingerprint density at radius 1 is 1.08 bits per heavy atom. The van der Waals surface area contributed by atoms with Crippen LogP contribution in [0.2, 0.25) is 10.0 Å². The smallest absolute Gasteiger partial charge is 0.382 e. The van der Waals surface area contributed by atoms with E-state index in [2.05, 4.69) is 15.2 Å². The van der Waals surface area contributed by atoms with E-state index in [0.717, 1.165) is 22.4 Å². The summed E-state index contributed by atoms with van der Waals surface area (Å²) in [4.78, 5) is 17.1. The van der Waals surface area contributed by atoms with Crippen molar-refractivity contribution in [3.05, 3.63) is 80.5 Å². The molecule has 15 heteroatoms. The predicted molar refractivity (Wildman–Crippen MR) is 124 cm³/mol. The first-order valence-corrected chi connectivity index (χ1v) is 11.3. The normalized spacial score (nSPS) is 13.6. The molecular formula is C22H17Cl2F5N6O2. The third-order valence-electron chi connectivity index (χ3n) is 5.23. The minimum absolute atomic E-state index is 0.0778. The van der Waals surface area contributed by atoms with Crippen molar-refractivity contribution in [1.29, 1.82) is 0 Å². The fourth-order valence-electron chi connectivity index (χ4n) is 3.48. The summed E-state index contributed by atoms with van der Waals surface area (Å²) in [6.07, 6.45) is -9.57. The molecule has 4 aromatic rings. The zero-order valence-electron chi connectivity index (χ0n) is 18.8. The number of para-hydroxylation sites is 1. The summed E-state index contributed by atoms with van der Waals surface area (Å²) in [6, 6.07) is 9.55. The number of aliphatic hydroxyl groups excluding tert-OH is 1. The Hall–Kier alpha value is -3.29. The van der Waals surface area contributed by atoms with Crippen LogP contribution in [0.5, 0.6) is 0 Å². The van der Waals surface area contributed by atoms with Gasteiger partial charge in [-0.2, -0.15) is 13.2 Å². The van der Waals surface area contributed by atoms with Crippen molar-refractivity contribution in [2.24, 2.45) is 0 Å². The average molecular weight is 563 g/mol. The third-order valence-corrected chi connectivity index (χ3v) is 5.79. The van der Waals surface area contributed by atoms with Gasteiger partial charge in [0, 0.05) is 10.6 Å². The van der Waals surface area contributed by atoms with Crippen LogP contribution in [0.25, 0.3) is 17.1 Å². The molecule has 37 heavy (non-hydrogen) atoms. The number of hydrogen-bond donors (Lipinski definition) is 1. The summed E-state index contributed by atoms with van der Waals surface area (Å²) < 4.78 is 70.2. The highest BCUT2D eigenvalue weighted by molar-refractivity contribution is 6.32. The molecule has 2 aromatic heterocycles. The molecule has 2 atom stereocenters. The molecule has 1 N–H and O–H groups in total. The molecule has 0 aliphatic carbocycles. The highest BCUT2D eigenvalue weighted by Crippen LogP contribution is 2.28. The van der Waals surface area contributed by atoms with Crippen molar-refractivity contribution in [3.8, 4) is 17.1 Å². The molecule has 8 nitrogen and oxygen atoms in total. The second kappa shape index (κ2) is 10.2. The van der Waals surface area contributed by atoms with Crippen LogP contribution in [0.1, 0.15) is 24.7 Å². The average Bonchev–Trinajstić information content (AvgIpc) is 3.36. The quantitative estimate of drug-likeness (QED) is 0.328. The Labute approximate surface area is 215 Å². The van der Waals surface area contributed by atoms with Crippen LogP contribution in [-0.4, -0.2) is 46.5 Å². The molecule has 0 fully saturated rings.